The Hall–Kier alpha value is -1.75. The molecule has 0 saturated heterocycles. The molecule has 1 aromatic rings. The predicted molar refractivity (Wildman–Crippen MR) is 79.9 cm³/mol. The van der Waals surface area contributed by atoms with E-state index < -0.39 is 11.5 Å². The summed E-state index contributed by atoms with van der Waals surface area (Å²) in [4.78, 5) is 11.2. The van der Waals surface area contributed by atoms with Crippen LogP contribution in [0.25, 0.3) is 0 Å². The lowest BCUT2D eigenvalue weighted by Crippen LogP contribution is -2.57. The van der Waals surface area contributed by atoms with Crippen LogP contribution in [0.4, 0.5) is 0 Å². The van der Waals surface area contributed by atoms with E-state index in [-0.39, 0.29) is 0 Å². The Morgan fingerprint density at radius 1 is 1.19 bits per heavy atom. The van der Waals surface area contributed by atoms with E-state index in [2.05, 4.69) is 12.2 Å². The van der Waals surface area contributed by atoms with E-state index in [0.717, 1.165) is 24.3 Å². The van der Waals surface area contributed by atoms with Gasteiger partial charge in [0.2, 0.25) is 0 Å². The van der Waals surface area contributed by atoms with Crippen LogP contribution < -0.4 is 14.8 Å². The average molecular weight is 293 g/mol. The minimum atomic E-state index is -0.758. The molecule has 116 valence electrons. The van der Waals surface area contributed by atoms with Crippen molar-refractivity contribution in [3.63, 3.8) is 0 Å². The number of carbonyl (C=O) groups is 1. The van der Waals surface area contributed by atoms with Gasteiger partial charge in [0.1, 0.15) is 23.6 Å². The molecule has 0 bridgehead atoms. The fraction of sp³-hybridized carbons (Fsp3) is 0.562. The van der Waals surface area contributed by atoms with Crippen molar-refractivity contribution in [2.75, 3.05) is 19.8 Å². The molecule has 2 rings (SSSR count). The predicted octanol–water partition coefficient (Wildman–Crippen LogP) is 2.45. The summed E-state index contributed by atoms with van der Waals surface area (Å²) in [5.74, 6) is 0.839. The standard InChI is InChI=1S/C16H23NO4/c1-2-11-20-13-4-6-14(7-5-13)21-12-10-17-16(15(18)19)8-3-9-16/h4-7,17H,2-3,8-12H2,1H3,(H,18,19). The van der Waals surface area contributed by atoms with Gasteiger partial charge in [0.15, 0.2) is 0 Å². The third kappa shape index (κ3) is 4.11. The van der Waals surface area contributed by atoms with Crippen LogP contribution in [0.3, 0.4) is 0 Å². The lowest BCUT2D eigenvalue weighted by atomic mass is 9.77. The first kappa shape index (κ1) is 15.6. The third-order valence-electron chi connectivity index (χ3n) is 3.75. The lowest BCUT2D eigenvalue weighted by molar-refractivity contribution is -0.148. The van der Waals surface area contributed by atoms with Crippen molar-refractivity contribution in [2.24, 2.45) is 0 Å². The molecule has 5 heteroatoms. The molecule has 0 aromatic heterocycles. The number of nitrogens with one attached hydrogen (secondary N) is 1. The first-order chi connectivity index (χ1) is 10.2. The Morgan fingerprint density at radius 3 is 2.19 bits per heavy atom. The largest absolute Gasteiger partial charge is 0.494 e. The van der Waals surface area contributed by atoms with E-state index in [1.165, 1.54) is 0 Å². The van der Waals surface area contributed by atoms with Crippen LogP contribution in [0, 0.1) is 0 Å². The molecule has 1 fully saturated rings. The van der Waals surface area contributed by atoms with Crippen LogP contribution in [0.5, 0.6) is 11.5 Å². The van der Waals surface area contributed by atoms with Crippen molar-refractivity contribution in [3.8, 4) is 11.5 Å². The first-order valence-electron chi connectivity index (χ1n) is 7.50. The Kier molecular flexibility index (Phi) is 5.44. The number of benzene rings is 1. The zero-order valence-electron chi connectivity index (χ0n) is 12.4. The maximum atomic E-state index is 11.2. The summed E-state index contributed by atoms with van der Waals surface area (Å²) < 4.78 is 11.1. The van der Waals surface area contributed by atoms with Gasteiger partial charge in [-0.3, -0.25) is 10.1 Å². The molecule has 1 aliphatic carbocycles. The van der Waals surface area contributed by atoms with Crippen LogP contribution in [-0.4, -0.2) is 36.4 Å². The molecule has 0 radical (unpaired) electrons. The summed E-state index contributed by atoms with van der Waals surface area (Å²) >= 11 is 0. The molecule has 1 saturated carbocycles. The molecule has 5 nitrogen and oxygen atoms in total. The second kappa shape index (κ2) is 7.31. The molecule has 0 unspecified atom stereocenters. The molecule has 1 aliphatic rings. The van der Waals surface area contributed by atoms with Crippen molar-refractivity contribution in [2.45, 2.75) is 38.1 Å². The van der Waals surface area contributed by atoms with Gasteiger partial charge >= 0.3 is 5.97 Å². The Balaban J connectivity index is 1.70. The van der Waals surface area contributed by atoms with Crippen molar-refractivity contribution >= 4 is 5.97 Å². The quantitative estimate of drug-likeness (QED) is 0.685. The number of hydrogen-bond acceptors (Lipinski definition) is 4. The Morgan fingerprint density at radius 2 is 1.76 bits per heavy atom. The first-order valence-corrected chi connectivity index (χ1v) is 7.50. The summed E-state index contributed by atoms with van der Waals surface area (Å²) in [7, 11) is 0. The van der Waals surface area contributed by atoms with Gasteiger partial charge < -0.3 is 14.6 Å². The number of rotatable bonds is 9. The van der Waals surface area contributed by atoms with Crippen LogP contribution in [0.1, 0.15) is 32.6 Å². The van der Waals surface area contributed by atoms with E-state index in [9.17, 15) is 9.90 Å². The maximum Gasteiger partial charge on any atom is 0.323 e. The molecular formula is C16H23NO4. The highest BCUT2D eigenvalue weighted by atomic mass is 16.5. The summed E-state index contributed by atoms with van der Waals surface area (Å²) in [5, 5.41) is 12.3. The SMILES string of the molecule is CCCOc1ccc(OCCNC2(C(=O)O)CCC2)cc1. The highest BCUT2D eigenvalue weighted by Gasteiger charge is 2.43. The monoisotopic (exact) mass is 293 g/mol. The fourth-order valence-corrected chi connectivity index (χ4v) is 2.31. The van der Waals surface area contributed by atoms with Crippen LogP contribution in [0.2, 0.25) is 0 Å². The number of hydrogen-bond donors (Lipinski definition) is 2. The van der Waals surface area contributed by atoms with Gasteiger partial charge in [0.05, 0.1) is 6.61 Å². The maximum absolute atomic E-state index is 11.2. The van der Waals surface area contributed by atoms with Crippen LogP contribution in [-0.2, 0) is 4.79 Å². The average Bonchev–Trinajstić information content (AvgIpc) is 2.44. The number of carboxylic acid groups (broad SMARTS) is 1. The topological polar surface area (TPSA) is 67.8 Å². The normalized spacial score (nSPS) is 16.0. The Labute approximate surface area is 125 Å². The smallest absolute Gasteiger partial charge is 0.323 e. The van der Waals surface area contributed by atoms with E-state index >= 15 is 0 Å². The molecule has 21 heavy (non-hydrogen) atoms. The van der Waals surface area contributed by atoms with Gasteiger partial charge in [-0.1, -0.05) is 6.92 Å². The van der Waals surface area contributed by atoms with Crippen molar-refractivity contribution in [1.29, 1.82) is 0 Å². The van der Waals surface area contributed by atoms with Crippen LogP contribution >= 0.6 is 0 Å². The van der Waals surface area contributed by atoms with Gasteiger partial charge in [-0.25, -0.2) is 0 Å². The summed E-state index contributed by atoms with van der Waals surface area (Å²) in [6.45, 7) is 3.75. The van der Waals surface area contributed by atoms with E-state index in [4.69, 9.17) is 9.47 Å². The molecular weight excluding hydrogens is 270 g/mol. The van der Waals surface area contributed by atoms with E-state index in [0.29, 0.717) is 32.6 Å². The van der Waals surface area contributed by atoms with Crippen molar-refractivity contribution in [1.82, 2.24) is 5.32 Å². The number of aliphatic carboxylic acids is 1. The fourth-order valence-electron chi connectivity index (χ4n) is 2.31. The van der Waals surface area contributed by atoms with E-state index in [1.807, 2.05) is 24.3 Å². The second-order valence-corrected chi connectivity index (χ2v) is 5.34. The molecule has 0 spiro atoms. The van der Waals surface area contributed by atoms with Crippen molar-refractivity contribution in [3.05, 3.63) is 24.3 Å². The zero-order valence-corrected chi connectivity index (χ0v) is 12.4. The zero-order chi connectivity index (χ0) is 15.1. The minimum absolute atomic E-state index is 0.449. The molecule has 0 amide bonds. The molecule has 0 atom stereocenters. The summed E-state index contributed by atoms with van der Waals surface area (Å²) in [5.41, 5.74) is -0.721. The molecule has 0 heterocycles. The van der Waals surface area contributed by atoms with Gasteiger partial charge in [0, 0.05) is 6.54 Å². The highest BCUT2D eigenvalue weighted by Crippen LogP contribution is 2.31. The van der Waals surface area contributed by atoms with Crippen LogP contribution in [0.15, 0.2) is 24.3 Å². The second-order valence-electron chi connectivity index (χ2n) is 5.34. The molecule has 2 N–H and O–H groups in total. The highest BCUT2D eigenvalue weighted by molar-refractivity contribution is 5.79. The molecule has 1 aromatic carbocycles. The third-order valence-corrected chi connectivity index (χ3v) is 3.75. The van der Waals surface area contributed by atoms with Gasteiger partial charge in [-0.2, -0.15) is 0 Å². The summed E-state index contributed by atoms with van der Waals surface area (Å²) in [6, 6.07) is 7.48. The van der Waals surface area contributed by atoms with Crippen molar-refractivity contribution < 1.29 is 19.4 Å². The van der Waals surface area contributed by atoms with E-state index in [1.54, 1.807) is 0 Å². The minimum Gasteiger partial charge on any atom is -0.494 e. The Bertz CT molecular complexity index is 454. The van der Waals surface area contributed by atoms with Gasteiger partial charge in [-0.05, 0) is 49.9 Å². The summed E-state index contributed by atoms with van der Waals surface area (Å²) in [6.07, 6.45) is 3.35. The van der Waals surface area contributed by atoms with Gasteiger partial charge in [0.25, 0.3) is 0 Å². The molecule has 0 aliphatic heterocycles. The van der Waals surface area contributed by atoms with Gasteiger partial charge in [-0.15, -0.1) is 0 Å². The lowest BCUT2D eigenvalue weighted by Gasteiger charge is -2.38. The number of ether oxygens (including phenoxy) is 2. The number of carboxylic acids is 1.